The summed E-state index contributed by atoms with van der Waals surface area (Å²) in [7, 11) is 0. The minimum absolute atomic E-state index is 0.237. The van der Waals surface area contributed by atoms with Crippen molar-refractivity contribution in [2.45, 2.75) is 126 Å². The van der Waals surface area contributed by atoms with Crippen LogP contribution >= 0.6 is 0 Å². The molecule has 0 aromatic rings. The fourth-order valence-electron chi connectivity index (χ4n) is 11.2. The molecule has 31 heavy (non-hydrogen) atoms. The molecule has 0 bridgehead atoms. The Kier molecular flexibility index (Phi) is 4.65. The first-order chi connectivity index (χ1) is 14.2. The van der Waals surface area contributed by atoms with E-state index in [4.69, 9.17) is 0 Å². The number of rotatable bonds is 0. The summed E-state index contributed by atoms with van der Waals surface area (Å²) in [6.07, 6.45) is 14.6. The molecule has 5 aliphatic carbocycles. The van der Waals surface area contributed by atoms with E-state index >= 15 is 0 Å². The molecule has 1 nitrogen and oxygen atoms in total. The lowest BCUT2D eigenvalue weighted by atomic mass is 9.30. The maximum atomic E-state index is 12.7. The molecule has 0 aliphatic heterocycles. The Hall–Kier alpha value is -0.330. The maximum absolute atomic E-state index is 12.7. The van der Waals surface area contributed by atoms with Crippen molar-refractivity contribution in [1.29, 1.82) is 0 Å². The van der Waals surface area contributed by atoms with Crippen LogP contribution in [0.25, 0.3) is 0 Å². The van der Waals surface area contributed by atoms with Gasteiger partial charge in [-0.1, -0.05) is 55.4 Å². The number of Topliss-reactive ketones (excluding diaryl/α,β-unsaturated/α-hetero) is 1. The fraction of sp³-hybridized carbons (Fsp3) is 0.967. The molecule has 1 heteroatoms. The molecule has 0 aromatic heterocycles. The zero-order valence-corrected chi connectivity index (χ0v) is 22.0. The Balaban J connectivity index is 1.55. The van der Waals surface area contributed by atoms with Crippen LogP contribution in [0.2, 0.25) is 0 Å². The zero-order valence-electron chi connectivity index (χ0n) is 22.0. The molecule has 0 heterocycles. The molecule has 5 saturated carbocycles. The predicted molar refractivity (Wildman–Crippen MR) is 130 cm³/mol. The van der Waals surface area contributed by atoms with E-state index in [-0.39, 0.29) is 11.3 Å². The standard InChI is InChI=1S/C30H50O/c1-20-21(31)9-10-22-27(20,5)12-11-23-28(22,6)16-18-30(8)24-19-25(2,3)13-14-26(24,4)15-17-29(23,30)7/h20,22-24H,9-19H2,1-8H3/t20?,22-,23+,24?,26?,27?,28?,29?,30?/m1/s1. The van der Waals surface area contributed by atoms with Gasteiger partial charge < -0.3 is 0 Å². The Morgan fingerprint density at radius 3 is 1.97 bits per heavy atom. The number of hydrogen-bond donors (Lipinski definition) is 0. The van der Waals surface area contributed by atoms with Gasteiger partial charge in [0.1, 0.15) is 5.78 Å². The Morgan fingerprint density at radius 1 is 0.645 bits per heavy atom. The van der Waals surface area contributed by atoms with Crippen LogP contribution in [0.5, 0.6) is 0 Å². The minimum Gasteiger partial charge on any atom is -0.299 e. The van der Waals surface area contributed by atoms with Crippen molar-refractivity contribution in [3.05, 3.63) is 0 Å². The molecule has 0 spiro atoms. The maximum Gasteiger partial charge on any atom is 0.136 e. The third-order valence-corrected chi connectivity index (χ3v) is 13.7. The van der Waals surface area contributed by atoms with Gasteiger partial charge in [-0.05, 0) is 114 Å². The number of hydrogen-bond acceptors (Lipinski definition) is 1. The number of carbonyl (C=O) groups is 1. The molecule has 7 unspecified atom stereocenters. The van der Waals surface area contributed by atoms with Crippen molar-refractivity contribution < 1.29 is 4.79 Å². The van der Waals surface area contributed by atoms with E-state index in [0.717, 1.165) is 30.6 Å². The monoisotopic (exact) mass is 426 g/mol. The summed E-state index contributed by atoms with van der Waals surface area (Å²) in [6, 6.07) is 0. The molecule has 0 aromatic carbocycles. The summed E-state index contributed by atoms with van der Waals surface area (Å²) >= 11 is 0. The van der Waals surface area contributed by atoms with E-state index in [0.29, 0.717) is 32.9 Å². The first-order valence-corrected chi connectivity index (χ1v) is 13.7. The van der Waals surface area contributed by atoms with Crippen molar-refractivity contribution in [1.82, 2.24) is 0 Å². The van der Waals surface area contributed by atoms with Gasteiger partial charge in [0, 0.05) is 12.3 Å². The van der Waals surface area contributed by atoms with Crippen LogP contribution in [-0.2, 0) is 4.79 Å². The first kappa shape index (κ1) is 22.5. The third kappa shape index (κ3) is 2.70. The molecule has 0 amide bonds. The Labute approximate surface area is 192 Å². The molecule has 5 fully saturated rings. The normalized spacial score (nSPS) is 58.5. The van der Waals surface area contributed by atoms with Crippen LogP contribution < -0.4 is 0 Å². The lowest BCUT2D eigenvalue weighted by Gasteiger charge is -2.74. The van der Waals surface area contributed by atoms with E-state index < -0.39 is 0 Å². The highest BCUT2D eigenvalue weighted by Gasteiger charge is 2.70. The van der Waals surface area contributed by atoms with Crippen molar-refractivity contribution in [2.75, 3.05) is 0 Å². The van der Waals surface area contributed by atoms with Gasteiger partial charge in [0.15, 0.2) is 0 Å². The highest BCUT2D eigenvalue weighted by atomic mass is 16.1. The molecule has 0 N–H and O–H groups in total. The van der Waals surface area contributed by atoms with Gasteiger partial charge in [0.05, 0.1) is 0 Å². The van der Waals surface area contributed by atoms with Gasteiger partial charge in [-0.3, -0.25) is 4.79 Å². The Bertz CT molecular complexity index is 781. The van der Waals surface area contributed by atoms with Crippen LogP contribution in [0.3, 0.4) is 0 Å². The predicted octanol–water partition coefficient (Wildman–Crippen LogP) is 8.46. The molecular weight excluding hydrogens is 376 g/mol. The number of fused-ring (bicyclic) bond motifs is 7. The second-order valence-corrected chi connectivity index (χ2v) is 15.3. The molecule has 0 radical (unpaired) electrons. The van der Waals surface area contributed by atoms with Gasteiger partial charge in [-0.15, -0.1) is 0 Å². The summed E-state index contributed by atoms with van der Waals surface area (Å²) in [5, 5.41) is 0. The van der Waals surface area contributed by atoms with Crippen LogP contribution in [0.1, 0.15) is 126 Å². The van der Waals surface area contributed by atoms with E-state index in [1.54, 1.807) is 0 Å². The quantitative estimate of drug-likeness (QED) is 0.379. The van der Waals surface area contributed by atoms with Crippen LogP contribution in [0.15, 0.2) is 0 Å². The van der Waals surface area contributed by atoms with E-state index in [2.05, 4.69) is 55.4 Å². The number of ketones is 1. The summed E-state index contributed by atoms with van der Waals surface area (Å²) < 4.78 is 0. The van der Waals surface area contributed by atoms with Gasteiger partial charge in [-0.25, -0.2) is 0 Å². The Morgan fingerprint density at radius 2 is 1.26 bits per heavy atom. The topological polar surface area (TPSA) is 17.1 Å². The molecular formula is C30H50O. The van der Waals surface area contributed by atoms with Crippen LogP contribution in [0.4, 0.5) is 0 Å². The lowest BCUT2D eigenvalue weighted by Crippen LogP contribution is -2.67. The van der Waals surface area contributed by atoms with Gasteiger partial charge in [0.25, 0.3) is 0 Å². The molecule has 176 valence electrons. The largest absolute Gasteiger partial charge is 0.299 e. The van der Waals surface area contributed by atoms with E-state index in [9.17, 15) is 4.79 Å². The third-order valence-electron chi connectivity index (χ3n) is 13.7. The molecule has 9 atom stereocenters. The average Bonchev–Trinajstić information content (AvgIpc) is 2.69. The second-order valence-electron chi connectivity index (χ2n) is 15.3. The molecule has 0 saturated heterocycles. The van der Waals surface area contributed by atoms with E-state index in [1.807, 2.05) is 0 Å². The first-order valence-electron chi connectivity index (χ1n) is 13.7. The summed E-state index contributed by atoms with van der Waals surface area (Å²) in [5.41, 5.74) is 2.67. The summed E-state index contributed by atoms with van der Waals surface area (Å²) in [6.45, 7) is 20.7. The van der Waals surface area contributed by atoms with Crippen molar-refractivity contribution >= 4 is 5.78 Å². The highest BCUT2D eigenvalue weighted by Crippen LogP contribution is 2.78. The zero-order chi connectivity index (χ0) is 22.7. The van der Waals surface area contributed by atoms with Crippen molar-refractivity contribution in [3.8, 4) is 0 Å². The smallest absolute Gasteiger partial charge is 0.136 e. The van der Waals surface area contributed by atoms with Gasteiger partial charge in [0.2, 0.25) is 0 Å². The summed E-state index contributed by atoms with van der Waals surface area (Å²) in [4.78, 5) is 12.7. The van der Waals surface area contributed by atoms with Gasteiger partial charge >= 0.3 is 0 Å². The van der Waals surface area contributed by atoms with Crippen LogP contribution in [-0.4, -0.2) is 5.78 Å². The molecule has 5 aliphatic rings. The number of carbonyl (C=O) groups excluding carboxylic acids is 1. The van der Waals surface area contributed by atoms with Crippen molar-refractivity contribution in [2.24, 2.45) is 56.2 Å². The lowest BCUT2D eigenvalue weighted by molar-refractivity contribution is -0.256. The van der Waals surface area contributed by atoms with E-state index in [1.165, 1.54) is 57.8 Å². The highest BCUT2D eigenvalue weighted by molar-refractivity contribution is 5.82. The van der Waals surface area contributed by atoms with Crippen LogP contribution in [0, 0.1) is 56.2 Å². The summed E-state index contributed by atoms with van der Waals surface area (Å²) in [5.74, 6) is 3.27. The van der Waals surface area contributed by atoms with Gasteiger partial charge in [-0.2, -0.15) is 0 Å². The SMILES string of the molecule is CC1C(=O)CC[C@@H]2C1(C)CC[C@H]1C2(C)CCC2(C)C3CC(C)(C)CCC3(C)CCC12C. The second kappa shape index (κ2) is 6.41. The molecule has 5 rings (SSSR count). The van der Waals surface area contributed by atoms with Crippen molar-refractivity contribution in [3.63, 3.8) is 0 Å². The minimum atomic E-state index is 0.237. The average molecular weight is 427 g/mol. The fourth-order valence-corrected chi connectivity index (χ4v) is 11.2.